The summed E-state index contributed by atoms with van der Waals surface area (Å²) in [6, 6.07) is 59.5. The highest BCUT2D eigenvalue weighted by atomic mass is 32.2. The number of nitrogens with zero attached hydrogens (tertiary/aromatic N) is 2. The number of para-hydroxylation sites is 2. The Hall–Kier alpha value is -5.82. The van der Waals surface area contributed by atoms with Crippen molar-refractivity contribution in [1.29, 1.82) is 5.26 Å². The van der Waals surface area contributed by atoms with Crippen LogP contribution in [0.3, 0.4) is 0 Å². The Bertz CT molecular complexity index is 2540. The maximum absolute atomic E-state index is 9.74. The van der Waals surface area contributed by atoms with Gasteiger partial charge in [0, 0.05) is 26.3 Å². The lowest BCUT2D eigenvalue weighted by Crippen LogP contribution is -2.32. The predicted molar refractivity (Wildman–Crippen MR) is 192 cm³/mol. The Balaban J connectivity index is 1.33. The number of nitriles is 1. The monoisotopic (exact) mass is 614 g/mol. The van der Waals surface area contributed by atoms with Crippen LogP contribution in [0.4, 0.5) is 0 Å². The van der Waals surface area contributed by atoms with Crippen molar-refractivity contribution in [3.8, 4) is 34.0 Å². The Morgan fingerprint density at radius 3 is 1.81 bits per heavy atom. The lowest BCUT2D eigenvalue weighted by molar-refractivity contribution is 0.722. The normalized spacial score (nSPS) is 13.6. The summed E-state index contributed by atoms with van der Waals surface area (Å²) in [6.07, 6.45) is 0. The number of aromatic nitrogens is 1. The van der Waals surface area contributed by atoms with Crippen LogP contribution in [0.5, 0.6) is 0 Å². The fourth-order valence-corrected chi connectivity index (χ4v) is 9.54. The van der Waals surface area contributed by atoms with Gasteiger partial charge in [-0.15, -0.1) is 0 Å². The molecule has 0 N–H and O–H groups in total. The van der Waals surface area contributed by atoms with E-state index in [-0.39, 0.29) is 0 Å². The minimum absolute atomic E-state index is 0.513. The molecule has 2 nitrogen and oxygen atoms in total. The van der Waals surface area contributed by atoms with Crippen LogP contribution in [0.2, 0.25) is 0 Å². The summed E-state index contributed by atoms with van der Waals surface area (Å²) in [5.74, 6) is 0. The minimum atomic E-state index is -0.513. The predicted octanol–water partition coefficient (Wildman–Crippen LogP) is 11.2. The fraction of sp³-hybridized carbons (Fsp3) is 0.0227. The Morgan fingerprint density at radius 1 is 0.511 bits per heavy atom. The third kappa shape index (κ3) is 3.51. The molecule has 47 heavy (non-hydrogen) atoms. The molecule has 1 aliphatic carbocycles. The molecule has 0 unspecified atom stereocenters. The Labute approximate surface area is 277 Å². The second-order valence-corrected chi connectivity index (χ2v) is 13.4. The van der Waals surface area contributed by atoms with Crippen LogP contribution in [0.1, 0.15) is 27.8 Å². The highest BCUT2D eigenvalue weighted by Gasteiger charge is 2.50. The van der Waals surface area contributed by atoms with Crippen molar-refractivity contribution >= 4 is 33.6 Å². The Morgan fingerprint density at radius 2 is 1.11 bits per heavy atom. The summed E-state index contributed by atoms with van der Waals surface area (Å²) < 4.78 is 2.43. The van der Waals surface area contributed by atoms with E-state index >= 15 is 0 Å². The molecule has 0 amide bonds. The van der Waals surface area contributed by atoms with Crippen molar-refractivity contribution in [1.82, 2.24) is 4.57 Å². The fourth-order valence-electron chi connectivity index (χ4n) is 8.24. The Kier molecular flexibility index (Phi) is 5.53. The van der Waals surface area contributed by atoms with Crippen LogP contribution >= 0.6 is 11.8 Å². The molecule has 1 aliphatic heterocycles. The molecule has 0 saturated carbocycles. The summed E-state index contributed by atoms with van der Waals surface area (Å²) in [7, 11) is 0. The highest BCUT2D eigenvalue weighted by molar-refractivity contribution is 7.99. The zero-order chi connectivity index (χ0) is 31.1. The van der Waals surface area contributed by atoms with Crippen LogP contribution in [0.15, 0.2) is 168 Å². The summed E-state index contributed by atoms with van der Waals surface area (Å²) in [6.45, 7) is 0. The van der Waals surface area contributed by atoms with Gasteiger partial charge in [0.2, 0.25) is 0 Å². The average Bonchev–Trinajstić information content (AvgIpc) is 3.63. The molecular weight excluding hydrogens is 589 g/mol. The third-order valence-corrected chi connectivity index (χ3v) is 11.3. The quantitative estimate of drug-likeness (QED) is 0.194. The molecule has 0 saturated heterocycles. The number of benzene rings is 7. The van der Waals surface area contributed by atoms with Crippen LogP contribution in [0.25, 0.3) is 49.7 Å². The standard InChI is InChI=1S/C44H26N2S/c45-27-28-11-9-12-29(25-28)31-17-10-20-38-43(31)47-42-24-23-30(46-40-21-7-3-15-34(40)35-16-4-8-22-41(35)46)26-39(42)44(38)36-18-5-1-13-32(36)33-14-2-6-19-37(33)44/h1-26H. The van der Waals surface area contributed by atoms with Gasteiger partial charge in [-0.1, -0.05) is 127 Å². The van der Waals surface area contributed by atoms with Crippen LogP contribution < -0.4 is 0 Å². The van der Waals surface area contributed by atoms with Crippen molar-refractivity contribution < 1.29 is 0 Å². The third-order valence-electron chi connectivity index (χ3n) is 10.1. The molecule has 0 fully saturated rings. The number of hydrogen-bond acceptors (Lipinski definition) is 2. The van der Waals surface area contributed by atoms with Crippen molar-refractivity contribution in [3.05, 3.63) is 186 Å². The van der Waals surface area contributed by atoms with Gasteiger partial charge >= 0.3 is 0 Å². The first-order valence-corrected chi connectivity index (χ1v) is 16.7. The molecule has 2 aliphatic rings. The lowest BCUT2D eigenvalue weighted by atomic mass is 9.67. The van der Waals surface area contributed by atoms with Crippen molar-refractivity contribution in [2.75, 3.05) is 0 Å². The van der Waals surface area contributed by atoms with Gasteiger partial charge in [-0.25, -0.2) is 0 Å². The van der Waals surface area contributed by atoms with Gasteiger partial charge < -0.3 is 4.57 Å². The topological polar surface area (TPSA) is 28.7 Å². The molecular formula is C44H26N2S. The molecule has 1 spiro atoms. The zero-order valence-corrected chi connectivity index (χ0v) is 26.1. The van der Waals surface area contributed by atoms with E-state index in [4.69, 9.17) is 0 Å². The molecule has 7 aromatic carbocycles. The average molecular weight is 615 g/mol. The summed E-state index contributed by atoms with van der Waals surface area (Å²) in [5.41, 5.74) is 13.7. The maximum atomic E-state index is 9.74. The van der Waals surface area contributed by atoms with Crippen molar-refractivity contribution in [2.45, 2.75) is 15.2 Å². The molecule has 10 rings (SSSR count). The van der Waals surface area contributed by atoms with Crippen LogP contribution in [0, 0.1) is 11.3 Å². The van der Waals surface area contributed by atoms with E-state index in [9.17, 15) is 5.26 Å². The molecule has 0 atom stereocenters. The van der Waals surface area contributed by atoms with Gasteiger partial charge in [-0.2, -0.15) is 5.26 Å². The second-order valence-electron chi connectivity index (χ2n) is 12.4. The van der Waals surface area contributed by atoms with E-state index in [1.165, 1.54) is 65.0 Å². The van der Waals surface area contributed by atoms with E-state index in [2.05, 4.69) is 150 Å². The van der Waals surface area contributed by atoms with Gasteiger partial charge in [0.1, 0.15) is 0 Å². The first-order valence-electron chi connectivity index (χ1n) is 15.9. The maximum Gasteiger partial charge on any atom is 0.0991 e. The zero-order valence-electron chi connectivity index (χ0n) is 25.3. The summed E-state index contributed by atoms with van der Waals surface area (Å²) in [5, 5.41) is 12.3. The molecule has 0 radical (unpaired) electrons. The number of rotatable bonds is 2. The van der Waals surface area contributed by atoms with Gasteiger partial charge in [0.05, 0.1) is 28.1 Å². The number of hydrogen-bond donors (Lipinski definition) is 0. The molecule has 2 heterocycles. The first-order chi connectivity index (χ1) is 23.3. The lowest BCUT2D eigenvalue weighted by Gasteiger charge is -2.40. The second kappa shape index (κ2) is 9.84. The molecule has 8 aromatic rings. The molecule has 1 aromatic heterocycles. The van der Waals surface area contributed by atoms with E-state index in [0.717, 1.165) is 16.8 Å². The van der Waals surface area contributed by atoms with Crippen LogP contribution in [-0.4, -0.2) is 4.57 Å². The van der Waals surface area contributed by atoms with Crippen molar-refractivity contribution in [2.24, 2.45) is 0 Å². The SMILES string of the molecule is N#Cc1cccc(-c2cccc3c2Sc2ccc(-n4c5ccccc5c5ccccc54)cc2C32c3ccccc3-c3ccccc32)c1. The molecule has 218 valence electrons. The molecule has 3 heteroatoms. The van der Waals surface area contributed by atoms with Crippen molar-refractivity contribution in [3.63, 3.8) is 0 Å². The largest absolute Gasteiger partial charge is 0.309 e. The van der Waals surface area contributed by atoms with E-state index in [0.29, 0.717) is 5.56 Å². The van der Waals surface area contributed by atoms with E-state index < -0.39 is 5.41 Å². The van der Waals surface area contributed by atoms with E-state index in [1.54, 1.807) is 0 Å². The summed E-state index contributed by atoms with van der Waals surface area (Å²) >= 11 is 1.85. The first kappa shape index (κ1) is 26.4. The van der Waals surface area contributed by atoms with Gasteiger partial charge in [-0.3, -0.25) is 0 Å². The smallest absolute Gasteiger partial charge is 0.0991 e. The van der Waals surface area contributed by atoms with Crippen LogP contribution in [-0.2, 0) is 5.41 Å². The van der Waals surface area contributed by atoms with Gasteiger partial charge in [-0.05, 0) is 87.0 Å². The van der Waals surface area contributed by atoms with Gasteiger partial charge in [0.15, 0.2) is 0 Å². The minimum Gasteiger partial charge on any atom is -0.309 e. The summed E-state index contributed by atoms with van der Waals surface area (Å²) in [4.78, 5) is 2.49. The molecule has 0 bridgehead atoms. The number of fused-ring (bicyclic) bond motifs is 12. The highest BCUT2D eigenvalue weighted by Crippen LogP contribution is 2.63. The van der Waals surface area contributed by atoms with E-state index in [1.807, 2.05) is 30.0 Å². The van der Waals surface area contributed by atoms with Gasteiger partial charge in [0.25, 0.3) is 0 Å².